The minimum absolute atomic E-state index is 0.214. The van der Waals surface area contributed by atoms with Crippen molar-refractivity contribution >= 4 is 29.1 Å². The molecule has 1 amide bonds. The molecule has 1 saturated heterocycles. The number of thiocarbonyl (C=S) groups is 1. The van der Waals surface area contributed by atoms with Gasteiger partial charge in [0, 0.05) is 31.9 Å². The number of hydrogen-bond acceptors (Lipinski definition) is 3. The maximum absolute atomic E-state index is 11.7. The second-order valence-electron chi connectivity index (χ2n) is 5.32. The number of anilines is 1. The number of para-hydroxylation sites is 1. The highest BCUT2D eigenvalue weighted by Gasteiger charge is 2.26. The summed E-state index contributed by atoms with van der Waals surface area (Å²) in [5.74, 6) is 0. The predicted molar refractivity (Wildman–Crippen MR) is 92.0 cm³/mol. The highest BCUT2D eigenvalue weighted by atomic mass is 32.1. The first-order chi connectivity index (χ1) is 10.6. The molecular formula is C16H23N3O2S. The van der Waals surface area contributed by atoms with Crippen molar-refractivity contribution in [3.8, 4) is 0 Å². The molecule has 5 nitrogen and oxygen atoms in total. The fourth-order valence-corrected chi connectivity index (χ4v) is 2.82. The van der Waals surface area contributed by atoms with Gasteiger partial charge in [-0.05, 0) is 44.1 Å². The number of rotatable bonds is 3. The molecule has 22 heavy (non-hydrogen) atoms. The molecule has 1 aromatic rings. The Labute approximate surface area is 137 Å². The van der Waals surface area contributed by atoms with Gasteiger partial charge in [0.25, 0.3) is 0 Å². The Morgan fingerprint density at radius 2 is 2.00 bits per heavy atom. The first-order valence-electron chi connectivity index (χ1n) is 7.62. The number of likely N-dealkylation sites (tertiary alicyclic amines) is 1. The molecule has 120 valence electrons. The van der Waals surface area contributed by atoms with Crippen LogP contribution in [0.2, 0.25) is 0 Å². The summed E-state index contributed by atoms with van der Waals surface area (Å²) in [6, 6.07) is 10.2. The quantitative estimate of drug-likeness (QED) is 0.867. The third kappa shape index (κ3) is 4.34. The summed E-state index contributed by atoms with van der Waals surface area (Å²) in [7, 11) is 2.00. The Morgan fingerprint density at radius 3 is 2.59 bits per heavy atom. The fraction of sp³-hybridized carbons (Fsp3) is 0.500. The van der Waals surface area contributed by atoms with Gasteiger partial charge in [-0.25, -0.2) is 4.79 Å². The lowest BCUT2D eigenvalue weighted by Crippen LogP contribution is -2.48. The van der Waals surface area contributed by atoms with Crippen LogP contribution in [0.15, 0.2) is 30.3 Å². The van der Waals surface area contributed by atoms with E-state index in [1.165, 1.54) is 0 Å². The number of hydrogen-bond donors (Lipinski definition) is 1. The topological polar surface area (TPSA) is 44.8 Å². The summed E-state index contributed by atoms with van der Waals surface area (Å²) in [6.45, 7) is 3.67. The summed E-state index contributed by atoms with van der Waals surface area (Å²) in [5.41, 5.74) is 0.989. The standard InChI is InChI=1S/C16H23N3O2S/c1-3-21-16(20)19-11-9-14(10-12-19)18(2)15(22)17-13-7-5-4-6-8-13/h4-8,14H,3,9-12H2,1-2H3,(H,17,22). The SMILES string of the molecule is CCOC(=O)N1CCC(N(C)C(=S)Nc2ccccc2)CC1. The van der Waals surface area contributed by atoms with Gasteiger partial charge < -0.3 is 19.9 Å². The number of ether oxygens (including phenoxy) is 1. The smallest absolute Gasteiger partial charge is 0.409 e. The summed E-state index contributed by atoms with van der Waals surface area (Å²) in [4.78, 5) is 15.6. The normalized spacial score (nSPS) is 15.3. The van der Waals surface area contributed by atoms with E-state index in [4.69, 9.17) is 17.0 Å². The molecule has 6 heteroatoms. The average Bonchev–Trinajstić information content (AvgIpc) is 2.55. The van der Waals surface area contributed by atoms with Gasteiger partial charge in [0.05, 0.1) is 6.61 Å². The van der Waals surface area contributed by atoms with Crippen molar-refractivity contribution in [2.45, 2.75) is 25.8 Å². The molecule has 2 rings (SSSR count). The van der Waals surface area contributed by atoms with Crippen LogP contribution >= 0.6 is 12.2 Å². The molecular weight excluding hydrogens is 298 g/mol. The number of piperidine rings is 1. The number of nitrogens with one attached hydrogen (secondary N) is 1. The van der Waals surface area contributed by atoms with E-state index in [9.17, 15) is 4.79 Å². The Bertz CT molecular complexity index is 501. The van der Waals surface area contributed by atoms with E-state index in [1.54, 1.807) is 4.90 Å². The lowest BCUT2D eigenvalue weighted by atomic mass is 10.0. The van der Waals surface area contributed by atoms with Gasteiger partial charge in [0.15, 0.2) is 5.11 Å². The minimum atomic E-state index is -0.214. The first-order valence-corrected chi connectivity index (χ1v) is 8.03. The number of carbonyl (C=O) groups excluding carboxylic acids is 1. The van der Waals surface area contributed by atoms with Crippen LogP contribution in [-0.2, 0) is 4.74 Å². The molecule has 1 fully saturated rings. The Kier molecular flexibility index (Phi) is 6.00. The number of amides is 1. The highest BCUT2D eigenvalue weighted by Crippen LogP contribution is 2.17. The Hall–Kier alpha value is -1.82. The zero-order chi connectivity index (χ0) is 15.9. The molecule has 1 aliphatic rings. The third-order valence-electron chi connectivity index (χ3n) is 3.88. The van der Waals surface area contributed by atoms with E-state index < -0.39 is 0 Å². The maximum atomic E-state index is 11.7. The van der Waals surface area contributed by atoms with Gasteiger partial charge in [0.2, 0.25) is 0 Å². The molecule has 1 aliphatic heterocycles. The van der Waals surface area contributed by atoms with Crippen molar-refractivity contribution < 1.29 is 9.53 Å². The minimum Gasteiger partial charge on any atom is -0.450 e. The van der Waals surface area contributed by atoms with Crippen molar-refractivity contribution in [1.82, 2.24) is 9.80 Å². The summed E-state index contributed by atoms with van der Waals surface area (Å²) in [5, 5.41) is 3.95. The second-order valence-corrected chi connectivity index (χ2v) is 5.71. The number of carbonyl (C=O) groups is 1. The fourth-order valence-electron chi connectivity index (χ4n) is 2.55. The molecule has 1 N–H and O–H groups in total. The summed E-state index contributed by atoms with van der Waals surface area (Å²) < 4.78 is 5.04. The third-order valence-corrected chi connectivity index (χ3v) is 4.27. The van der Waals surface area contributed by atoms with Gasteiger partial charge in [-0.15, -0.1) is 0 Å². The van der Waals surface area contributed by atoms with Crippen LogP contribution in [0.25, 0.3) is 0 Å². The maximum Gasteiger partial charge on any atom is 0.409 e. The predicted octanol–water partition coefficient (Wildman–Crippen LogP) is 2.94. The molecule has 0 spiro atoms. The molecule has 1 heterocycles. The van der Waals surface area contributed by atoms with Crippen molar-refractivity contribution in [2.75, 3.05) is 32.1 Å². The molecule has 0 atom stereocenters. The molecule has 1 aromatic carbocycles. The molecule has 0 unspecified atom stereocenters. The number of nitrogens with zero attached hydrogens (tertiary/aromatic N) is 2. The lowest BCUT2D eigenvalue weighted by molar-refractivity contribution is 0.0895. The van der Waals surface area contributed by atoms with Crippen LogP contribution < -0.4 is 5.32 Å². The van der Waals surface area contributed by atoms with E-state index in [2.05, 4.69) is 10.2 Å². The van der Waals surface area contributed by atoms with Crippen LogP contribution in [0, 0.1) is 0 Å². The zero-order valence-corrected chi connectivity index (χ0v) is 13.9. The monoisotopic (exact) mass is 321 g/mol. The van der Waals surface area contributed by atoms with Crippen molar-refractivity contribution in [2.24, 2.45) is 0 Å². The van der Waals surface area contributed by atoms with Gasteiger partial charge >= 0.3 is 6.09 Å². The van der Waals surface area contributed by atoms with Crippen LogP contribution in [0.3, 0.4) is 0 Å². The van der Waals surface area contributed by atoms with Crippen LogP contribution in [0.4, 0.5) is 10.5 Å². The molecule has 0 bridgehead atoms. The Balaban J connectivity index is 1.83. The number of benzene rings is 1. The van der Waals surface area contributed by atoms with Crippen molar-refractivity contribution in [1.29, 1.82) is 0 Å². The van der Waals surface area contributed by atoms with Crippen molar-refractivity contribution in [3.05, 3.63) is 30.3 Å². The van der Waals surface area contributed by atoms with Crippen LogP contribution in [-0.4, -0.2) is 53.8 Å². The molecule has 0 radical (unpaired) electrons. The molecule has 0 aliphatic carbocycles. The lowest BCUT2D eigenvalue weighted by Gasteiger charge is -2.37. The first kappa shape index (κ1) is 16.5. The summed E-state index contributed by atoms with van der Waals surface area (Å²) >= 11 is 5.47. The van der Waals surface area contributed by atoms with E-state index in [0.717, 1.165) is 18.5 Å². The largest absolute Gasteiger partial charge is 0.450 e. The second kappa shape index (κ2) is 7.98. The van der Waals surface area contributed by atoms with Gasteiger partial charge in [0.1, 0.15) is 0 Å². The van der Waals surface area contributed by atoms with Crippen molar-refractivity contribution in [3.63, 3.8) is 0 Å². The Morgan fingerprint density at radius 1 is 1.36 bits per heavy atom. The van der Waals surface area contributed by atoms with E-state index >= 15 is 0 Å². The molecule has 0 aromatic heterocycles. The highest BCUT2D eigenvalue weighted by molar-refractivity contribution is 7.80. The van der Waals surface area contributed by atoms with Gasteiger partial charge in [-0.3, -0.25) is 0 Å². The van der Waals surface area contributed by atoms with Crippen LogP contribution in [0.5, 0.6) is 0 Å². The zero-order valence-electron chi connectivity index (χ0n) is 13.1. The van der Waals surface area contributed by atoms with Crippen LogP contribution in [0.1, 0.15) is 19.8 Å². The van der Waals surface area contributed by atoms with Gasteiger partial charge in [-0.2, -0.15) is 0 Å². The van der Waals surface area contributed by atoms with E-state index in [-0.39, 0.29) is 6.09 Å². The average molecular weight is 321 g/mol. The summed E-state index contributed by atoms with van der Waals surface area (Å²) in [6.07, 6.45) is 1.58. The molecule has 0 saturated carbocycles. The van der Waals surface area contributed by atoms with E-state index in [0.29, 0.717) is 30.9 Å². The van der Waals surface area contributed by atoms with E-state index in [1.807, 2.05) is 44.3 Å². The van der Waals surface area contributed by atoms with Gasteiger partial charge in [-0.1, -0.05) is 18.2 Å².